The molecule has 0 saturated heterocycles. The van der Waals surface area contributed by atoms with E-state index in [-0.39, 0.29) is 13.0 Å². The van der Waals surface area contributed by atoms with Crippen LogP contribution in [0.15, 0.2) is 4.99 Å². The van der Waals surface area contributed by atoms with Crippen molar-refractivity contribution >= 4 is 5.96 Å². The molecule has 5 heteroatoms. The first kappa shape index (κ1) is 15.5. The van der Waals surface area contributed by atoms with E-state index in [1.165, 1.54) is 25.7 Å². The normalized spacial score (nSPS) is 28.9. The molecule has 2 rings (SSSR count). The molecule has 0 bridgehead atoms. The van der Waals surface area contributed by atoms with Crippen molar-refractivity contribution in [2.24, 2.45) is 16.6 Å². The molecule has 3 N–H and O–H groups in total. The summed E-state index contributed by atoms with van der Waals surface area (Å²) in [5.41, 5.74) is 5.86. The first-order valence-corrected chi connectivity index (χ1v) is 8.02. The van der Waals surface area contributed by atoms with Crippen molar-refractivity contribution in [2.75, 3.05) is 6.54 Å². The van der Waals surface area contributed by atoms with E-state index >= 15 is 0 Å². The maximum atomic E-state index is 13.7. The molecule has 1 unspecified atom stereocenters. The number of hydrogen-bond acceptors (Lipinski definition) is 1. The third kappa shape index (κ3) is 4.60. The number of halogens is 2. The van der Waals surface area contributed by atoms with Gasteiger partial charge in [0.15, 0.2) is 5.96 Å². The zero-order valence-electron chi connectivity index (χ0n) is 12.2. The van der Waals surface area contributed by atoms with Crippen molar-refractivity contribution in [1.29, 1.82) is 0 Å². The molecule has 0 aromatic heterocycles. The van der Waals surface area contributed by atoms with Crippen LogP contribution < -0.4 is 11.1 Å². The number of nitrogens with one attached hydrogen (secondary N) is 1. The maximum Gasteiger partial charge on any atom is 0.252 e. The number of nitrogens with zero attached hydrogens (tertiary/aromatic N) is 1. The van der Waals surface area contributed by atoms with Gasteiger partial charge in [0.1, 0.15) is 0 Å². The van der Waals surface area contributed by atoms with E-state index in [1.54, 1.807) is 0 Å². The number of alkyl halides is 2. The molecular weight excluding hydrogens is 260 g/mol. The lowest BCUT2D eigenvalue weighted by Gasteiger charge is -2.30. The van der Waals surface area contributed by atoms with Crippen LogP contribution in [-0.2, 0) is 0 Å². The molecule has 0 heterocycles. The average molecular weight is 287 g/mol. The highest BCUT2D eigenvalue weighted by Crippen LogP contribution is 2.38. The fourth-order valence-electron chi connectivity index (χ4n) is 3.28. The summed E-state index contributed by atoms with van der Waals surface area (Å²) in [5.74, 6) is -2.85. The minimum atomic E-state index is -2.57. The third-order valence-electron chi connectivity index (χ3n) is 4.60. The second kappa shape index (κ2) is 7.23. The SMILES string of the molecule is NC(=NCC1CCCCC1(F)F)NC1CCCCCC1. The molecule has 0 spiro atoms. The van der Waals surface area contributed by atoms with Crippen molar-refractivity contribution in [3.05, 3.63) is 0 Å². The summed E-state index contributed by atoms with van der Waals surface area (Å²) >= 11 is 0. The lowest BCUT2D eigenvalue weighted by molar-refractivity contribution is -0.0814. The third-order valence-corrected chi connectivity index (χ3v) is 4.60. The molecule has 0 aromatic rings. The molecule has 2 aliphatic rings. The van der Waals surface area contributed by atoms with Gasteiger partial charge >= 0.3 is 0 Å². The van der Waals surface area contributed by atoms with E-state index in [0.717, 1.165) is 19.3 Å². The van der Waals surface area contributed by atoms with Crippen molar-refractivity contribution in [2.45, 2.75) is 76.2 Å². The van der Waals surface area contributed by atoms with Crippen LogP contribution in [-0.4, -0.2) is 24.5 Å². The Morgan fingerprint density at radius 3 is 2.35 bits per heavy atom. The summed E-state index contributed by atoms with van der Waals surface area (Å²) in [7, 11) is 0. The van der Waals surface area contributed by atoms with Gasteiger partial charge in [-0.2, -0.15) is 0 Å². The van der Waals surface area contributed by atoms with Crippen LogP contribution in [0.1, 0.15) is 64.2 Å². The molecule has 3 nitrogen and oxygen atoms in total. The fourth-order valence-corrected chi connectivity index (χ4v) is 3.28. The Morgan fingerprint density at radius 2 is 1.70 bits per heavy atom. The predicted octanol–water partition coefficient (Wildman–Crippen LogP) is 3.44. The topological polar surface area (TPSA) is 50.4 Å². The molecule has 0 amide bonds. The Morgan fingerprint density at radius 1 is 1.05 bits per heavy atom. The van der Waals surface area contributed by atoms with Crippen LogP contribution in [0.2, 0.25) is 0 Å². The van der Waals surface area contributed by atoms with Crippen LogP contribution >= 0.6 is 0 Å². The molecule has 0 aromatic carbocycles. The molecule has 2 fully saturated rings. The van der Waals surface area contributed by atoms with Crippen molar-refractivity contribution in [3.8, 4) is 0 Å². The van der Waals surface area contributed by atoms with E-state index in [1.807, 2.05) is 0 Å². The van der Waals surface area contributed by atoms with Crippen LogP contribution in [0.5, 0.6) is 0 Å². The molecular formula is C15H27F2N3. The summed E-state index contributed by atoms with van der Waals surface area (Å²) in [5, 5.41) is 3.21. The Bertz CT molecular complexity index is 323. The standard InChI is InChI=1S/C15H27F2N3/c16-15(17)10-6-5-7-12(15)11-19-14(18)20-13-8-3-1-2-4-9-13/h12-13H,1-11H2,(H3,18,19,20). The largest absolute Gasteiger partial charge is 0.370 e. The van der Waals surface area contributed by atoms with E-state index in [2.05, 4.69) is 10.3 Å². The molecule has 1 atom stereocenters. The Kier molecular flexibility index (Phi) is 5.61. The zero-order valence-corrected chi connectivity index (χ0v) is 12.2. The van der Waals surface area contributed by atoms with Crippen LogP contribution in [0, 0.1) is 5.92 Å². The van der Waals surface area contributed by atoms with Gasteiger partial charge < -0.3 is 11.1 Å². The van der Waals surface area contributed by atoms with Gasteiger partial charge in [0, 0.05) is 18.4 Å². The zero-order chi connectivity index (χ0) is 14.4. The lowest BCUT2D eigenvalue weighted by atomic mass is 9.86. The Hall–Kier alpha value is -0.870. The minimum absolute atomic E-state index is 0.00312. The molecule has 2 saturated carbocycles. The monoisotopic (exact) mass is 287 g/mol. The van der Waals surface area contributed by atoms with Crippen molar-refractivity contribution in [1.82, 2.24) is 5.32 Å². The summed E-state index contributed by atoms with van der Waals surface area (Å²) in [6, 6.07) is 0.369. The van der Waals surface area contributed by atoms with Crippen LogP contribution in [0.3, 0.4) is 0 Å². The number of hydrogen-bond donors (Lipinski definition) is 2. The predicted molar refractivity (Wildman–Crippen MR) is 78.0 cm³/mol. The number of nitrogens with two attached hydrogens (primary N) is 1. The second-order valence-corrected chi connectivity index (χ2v) is 6.26. The van der Waals surface area contributed by atoms with Crippen molar-refractivity contribution < 1.29 is 8.78 Å². The molecule has 0 aliphatic heterocycles. The summed E-state index contributed by atoms with van der Waals surface area (Å²) in [4.78, 5) is 4.17. The highest BCUT2D eigenvalue weighted by Gasteiger charge is 2.40. The van der Waals surface area contributed by atoms with Gasteiger partial charge in [0.25, 0.3) is 5.92 Å². The summed E-state index contributed by atoms with van der Waals surface area (Å²) < 4.78 is 27.4. The Balaban J connectivity index is 1.80. The maximum absolute atomic E-state index is 13.7. The van der Waals surface area contributed by atoms with E-state index < -0.39 is 11.8 Å². The fraction of sp³-hybridized carbons (Fsp3) is 0.933. The van der Waals surface area contributed by atoms with Gasteiger partial charge in [0.05, 0.1) is 6.54 Å². The van der Waals surface area contributed by atoms with Gasteiger partial charge in [-0.1, -0.05) is 32.1 Å². The summed E-state index contributed by atoms with van der Waals surface area (Å²) in [6.45, 7) is 0.151. The van der Waals surface area contributed by atoms with Gasteiger partial charge in [-0.15, -0.1) is 0 Å². The van der Waals surface area contributed by atoms with Crippen LogP contribution in [0.25, 0.3) is 0 Å². The van der Waals surface area contributed by atoms with Gasteiger partial charge in [-0.25, -0.2) is 8.78 Å². The highest BCUT2D eigenvalue weighted by molar-refractivity contribution is 5.78. The van der Waals surface area contributed by atoms with E-state index in [0.29, 0.717) is 24.8 Å². The number of guanidine groups is 1. The minimum Gasteiger partial charge on any atom is -0.370 e. The van der Waals surface area contributed by atoms with Gasteiger partial charge in [0.2, 0.25) is 0 Å². The first-order chi connectivity index (χ1) is 9.58. The number of rotatable bonds is 3. The average Bonchev–Trinajstić information content (AvgIpc) is 2.65. The molecule has 116 valence electrons. The smallest absolute Gasteiger partial charge is 0.252 e. The second-order valence-electron chi connectivity index (χ2n) is 6.26. The van der Waals surface area contributed by atoms with E-state index in [4.69, 9.17) is 5.73 Å². The van der Waals surface area contributed by atoms with Gasteiger partial charge in [-0.05, 0) is 25.7 Å². The number of aliphatic imine (C=N–C) groups is 1. The summed E-state index contributed by atoms with van der Waals surface area (Å²) in [6.07, 6.45) is 9.28. The molecule has 2 aliphatic carbocycles. The quantitative estimate of drug-likeness (QED) is 0.474. The van der Waals surface area contributed by atoms with Crippen molar-refractivity contribution in [3.63, 3.8) is 0 Å². The van der Waals surface area contributed by atoms with Gasteiger partial charge in [-0.3, -0.25) is 4.99 Å². The molecule has 0 radical (unpaired) electrons. The highest BCUT2D eigenvalue weighted by atomic mass is 19.3. The first-order valence-electron chi connectivity index (χ1n) is 8.02. The van der Waals surface area contributed by atoms with Crippen LogP contribution in [0.4, 0.5) is 8.78 Å². The Labute approximate surface area is 120 Å². The van der Waals surface area contributed by atoms with E-state index in [9.17, 15) is 8.78 Å². The molecule has 20 heavy (non-hydrogen) atoms. The lowest BCUT2D eigenvalue weighted by Crippen LogP contribution is -2.41.